The highest BCUT2D eigenvalue weighted by molar-refractivity contribution is 5.99. The molecule has 1 aliphatic carbocycles. The summed E-state index contributed by atoms with van der Waals surface area (Å²) in [5.41, 5.74) is 1.76. The lowest BCUT2D eigenvalue weighted by atomic mass is 9.86. The molecule has 2 fully saturated rings. The van der Waals surface area contributed by atoms with Crippen LogP contribution in [0.3, 0.4) is 0 Å². The Labute approximate surface area is 156 Å². The standard InChI is InChI=1S/C21H30N2O3/c24-20(16-22-21(25)11-6-17-4-2-1-3-5-17)18-7-9-19(10-8-18)23-12-14-26-15-13-23/h7-10,17H,1-6,11-16H2,(H,22,25). The highest BCUT2D eigenvalue weighted by Gasteiger charge is 2.16. The summed E-state index contributed by atoms with van der Waals surface area (Å²) in [7, 11) is 0. The summed E-state index contributed by atoms with van der Waals surface area (Å²) in [5.74, 6) is 0.649. The summed E-state index contributed by atoms with van der Waals surface area (Å²) in [6.45, 7) is 3.33. The van der Waals surface area contributed by atoms with E-state index in [9.17, 15) is 9.59 Å². The monoisotopic (exact) mass is 358 g/mol. The van der Waals surface area contributed by atoms with Gasteiger partial charge in [-0.05, 0) is 36.6 Å². The molecule has 0 unspecified atom stereocenters. The Bertz CT molecular complexity index is 588. The number of rotatable bonds is 7. The largest absolute Gasteiger partial charge is 0.378 e. The van der Waals surface area contributed by atoms with E-state index in [4.69, 9.17) is 4.74 Å². The van der Waals surface area contributed by atoms with E-state index in [0.717, 1.165) is 38.4 Å². The normalized spacial score (nSPS) is 18.5. The summed E-state index contributed by atoms with van der Waals surface area (Å²) in [4.78, 5) is 26.5. The summed E-state index contributed by atoms with van der Waals surface area (Å²) < 4.78 is 5.36. The number of ether oxygens (including phenoxy) is 1. The molecule has 0 aromatic heterocycles. The number of nitrogens with one attached hydrogen (secondary N) is 1. The first kappa shape index (κ1) is 18.9. The molecule has 1 saturated carbocycles. The highest BCUT2D eigenvalue weighted by atomic mass is 16.5. The number of amides is 1. The molecule has 5 heteroatoms. The SMILES string of the molecule is O=C(CCC1CCCCC1)NCC(=O)c1ccc(N2CCOCC2)cc1. The Morgan fingerprint density at radius 2 is 1.73 bits per heavy atom. The fourth-order valence-corrected chi connectivity index (χ4v) is 3.86. The van der Waals surface area contributed by atoms with Crippen molar-refractivity contribution in [2.45, 2.75) is 44.9 Å². The molecule has 1 amide bonds. The molecular formula is C21H30N2O3. The molecule has 0 radical (unpaired) electrons. The predicted octanol–water partition coefficient (Wildman–Crippen LogP) is 3.18. The number of carbonyl (C=O) groups is 2. The minimum Gasteiger partial charge on any atom is -0.378 e. The average Bonchev–Trinajstić information content (AvgIpc) is 2.72. The van der Waals surface area contributed by atoms with Crippen molar-refractivity contribution in [1.82, 2.24) is 5.32 Å². The molecule has 142 valence electrons. The van der Waals surface area contributed by atoms with Crippen LogP contribution >= 0.6 is 0 Å². The van der Waals surface area contributed by atoms with Gasteiger partial charge in [-0.25, -0.2) is 0 Å². The Morgan fingerprint density at radius 3 is 2.42 bits per heavy atom. The fourth-order valence-electron chi connectivity index (χ4n) is 3.86. The van der Waals surface area contributed by atoms with Gasteiger partial charge in [0.25, 0.3) is 0 Å². The smallest absolute Gasteiger partial charge is 0.220 e. The van der Waals surface area contributed by atoms with Crippen LogP contribution in [-0.2, 0) is 9.53 Å². The molecule has 0 bridgehead atoms. The lowest BCUT2D eigenvalue weighted by Gasteiger charge is -2.28. The number of ketones is 1. The number of hydrogen-bond acceptors (Lipinski definition) is 4. The van der Waals surface area contributed by atoms with Crippen molar-refractivity contribution in [2.75, 3.05) is 37.7 Å². The first-order chi connectivity index (χ1) is 12.7. The quantitative estimate of drug-likeness (QED) is 0.761. The van der Waals surface area contributed by atoms with E-state index in [1.54, 1.807) is 0 Å². The molecule has 2 aliphatic rings. The molecule has 3 rings (SSSR count). The lowest BCUT2D eigenvalue weighted by Crippen LogP contribution is -2.36. The van der Waals surface area contributed by atoms with Crippen LogP contribution in [0.5, 0.6) is 0 Å². The first-order valence-electron chi connectivity index (χ1n) is 9.95. The first-order valence-corrected chi connectivity index (χ1v) is 9.95. The molecule has 5 nitrogen and oxygen atoms in total. The minimum atomic E-state index is -0.0375. The zero-order valence-corrected chi connectivity index (χ0v) is 15.5. The van der Waals surface area contributed by atoms with Crippen molar-refractivity contribution in [3.8, 4) is 0 Å². The molecule has 1 heterocycles. The fraction of sp³-hybridized carbons (Fsp3) is 0.619. The van der Waals surface area contributed by atoms with Gasteiger partial charge in [-0.1, -0.05) is 32.1 Å². The number of benzene rings is 1. The number of anilines is 1. The van der Waals surface area contributed by atoms with Crippen LogP contribution in [0.2, 0.25) is 0 Å². The van der Waals surface area contributed by atoms with Gasteiger partial charge in [-0.15, -0.1) is 0 Å². The molecule has 26 heavy (non-hydrogen) atoms. The van der Waals surface area contributed by atoms with Crippen molar-refractivity contribution < 1.29 is 14.3 Å². The van der Waals surface area contributed by atoms with Crippen molar-refractivity contribution in [3.63, 3.8) is 0 Å². The maximum atomic E-state index is 12.3. The van der Waals surface area contributed by atoms with E-state index in [1.807, 2.05) is 24.3 Å². The third kappa shape index (κ3) is 5.56. The minimum absolute atomic E-state index is 0.00568. The molecular weight excluding hydrogens is 328 g/mol. The van der Waals surface area contributed by atoms with Crippen molar-refractivity contribution in [3.05, 3.63) is 29.8 Å². The second kappa shape index (κ2) is 9.72. The third-order valence-electron chi connectivity index (χ3n) is 5.52. The Kier molecular flexibility index (Phi) is 7.06. The molecule has 1 aromatic rings. The van der Waals surface area contributed by atoms with Gasteiger partial charge in [0.1, 0.15) is 0 Å². The van der Waals surface area contributed by atoms with E-state index < -0.39 is 0 Å². The van der Waals surface area contributed by atoms with E-state index in [1.165, 1.54) is 32.1 Å². The Balaban J connectivity index is 1.40. The third-order valence-corrected chi connectivity index (χ3v) is 5.52. The second-order valence-corrected chi connectivity index (χ2v) is 7.39. The van der Waals surface area contributed by atoms with E-state index in [-0.39, 0.29) is 18.2 Å². The van der Waals surface area contributed by atoms with Crippen LogP contribution in [0.25, 0.3) is 0 Å². The van der Waals surface area contributed by atoms with Crippen LogP contribution in [0.4, 0.5) is 5.69 Å². The number of hydrogen-bond donors (Lipinski definition) is 1. The summed E-state index contributed by atoms with van der Waals surface area (Å²) >= 11 is 0. The second-order valence-electron chi connectivity index (χ2n) is 7.39. The maximum Gasteiger partial charge on any atom is 0.220 e. The molecule has 0 spiro atoms. The van der Waals surface area contributed by atoms with Gasteiger partial charge in [0.15, 0.2) is 5.78 Å². The Hall–Kier alpha value is -1.88. The molecule has 0 atom stereocenters. The number of Topliss-reactive ketones (excluding diaryl/α,β-unsaturated/α-hetero) is 1. The van der Waals surface area contributed by atoms with Gasteiger partial charge in [-0.3, -0.25) is 9.59 Å². The predicted molar refractivity (Wildman–Crippen MR) is 103 cm³/mol. The zero-order valence-electron chi connectivity index (χ0n) is 15.5. The van der Waals surface area contributed by atoms with E-state index in [0.29, 0.717) is 17.9 Å². The maximum absolute atomic E-state index is 12.3. The van der Waals surface area contributed by atoms with Gasteiger partial charge >= 0.3 is 0 Å². The van der Waals surface area contributed by atoms with Crippen LogP contribution in [0.1, 0.15) is 55.3 Å². The summed E-state index contributed by atoms with van der Waals surface area (Å²) in [6.07, 6.45) is 7.92. The summed E-state index contributed by atoms with van der Waals surface area (Å²) in [5, 5.41) is 2.78. The van der Waals surface area contributed by atoms with Crippen LogP contribution in [-0.4, -0.2) is 44.5 Å². The Morgan fingerprint density at radius 1 is 1.04 bits per heavy atom. The van der Waals surface area contributed by atoms with E-state index in [2.05, 4.69) is 10.2 Å². The van der Waals surface area contributed by atoms with Crippen LogP contribution in [0.15, 0.2) is 24.3 Å². The van der Waals surface area contributed by atoms with Crippen molar-refractivity contribution in [2.24, 2.45) is 5.92 Å². The van der Waals surface area contributed by atoms with Crippen molar-refractivity contribution >= 4 is 17.4 Å². The van der Waals surface area contributed by atoms with Gasteiger partial charge in [-0.2, -0.15) is 0 Å². The van der Waals surface area contributed by atoms with Gasteiger partial charge in [0.05, 0.1) is 19.8 Å². The van der Waals surface area contributed by atoms with Crippen LogP contribution < -0.4 is 10.2 Å². The van der Waals surface area contributed by atoms with Gasteiger partial charge in [0, 0.05) is 30.8 Å². The number of morpholine rings is 1. The highest BCUT2D eigenvalue weighted by Crippen LogP contribution is 2.27. The molecule has 1 aliphatic heterocycles. The number of carbonyl (C=O) groups excluding carboxylic acids is 2. The molecule has 1 aromatic carbocycles. The molecule has 1 saturated heterocycles. The average molecular weight is 358 g/mol. The van der Waals surface area contributed by atoms with E-state index >= 15 is 0 Å². The van der Waals surface area contributed by atoms with Gasteiger partial charge in [0.2, 0.25) is 5.91 Å². The molecule has 1 N–H and O–H groups in total. The topological polar surface area (TPSA) is 58.6 Å². The van der Waals surface area contributed by atoms with Gasteiger partial charge < -0.3 is 15.0 Å². The zero-order chi connectivity index (χ0) is 18.2. The number of nitrogens with zero attached hydrogens (tertiary/aromatic N) is 1. The summed E-state index contributed by atoms with van der Waals surface area (Å²) in [6, 6.07) is 7.65. The van der Waals surface area contributed by atoms with Crippen molar-refractivity contribution in [1.29, 1.82) is 0 Å². The van der Waals surface area contributed by atoms with Crippen LogP contribution in [0, 0.1) is 5.92 Å². The lowest BCUT2D eigenvalue weighted by molar-refractivity contribution is -0.121.